The lowest BCUT2D eigenvalue weighted by Gasteiger charge is -2.21. The molecule has 0 radical (unpaired) electrons. The summed E-state index contributed by atoms with van der Waals surface area (Å²) < 4.78 is 16.3. The molecule has 0 saturated carbocycles. The summed E-state index contributed by atoms with van der Waals surface area (Å²) in [6.07, 6.45) is 0. The highest BCUT2D eigenvalue weighted by Gasteiger charge is 2.19. The molecule has 0 aliphatic carbocycles. The highest BCUT2D eigenvalue weighted by molar-refractivity contribution is 6.10. The smallest absolute Gasteiger partial charge is 0.347 e. The van der Waals surface area contributed by atoms with Crippen LogP contribution in [0, 0.1) is 0 Å². The summed E-state index contributed by atoms with van der Waals surface area (Å²) >= 11 is 0. The third kappa shape index (κ3) is 5.09. The Balaban J connectivity index is 1.97. The van der Waals surface area contributed by atoms with Gasteiger partial charge in [0.15, 0.2) is 11.5 Å². The quantitative estimate of drug-likeness (QED) is 0.345. The van der Waals surface area contributed by atoms with Crippen molar-refractivity contribution >= 4 is 22.4 Å². The highest BCUT2D eigenvalue weighted by atomic mass is 16.5. The molecule has 0 bridgehead atoms. The fraction of sp³-hybridized carbons (Fsp3) is 0.333. The van der Waals surface area contributed by atoms with E-state index in [-0.39, 0.29) is 43.3 Å². The number of benzene rings is 2. The predicted octanol–water partition coefficient (Wildman–Crippen LogP) is 2.61. The first-order chi connectivity index (χ1) is 15.5. The number of ether oxygens (including phenoxy) is 2. The summed E-state index contributed by atoms with van der Waals surface area (Å²) in [5, 5.41) is 18.7. The molecule has 0 saturated heterocycles. The summed E-state index contributed by atoms with van der Waals surface area (Å²) in [6.45, 7) is 5.37. The minimum Gasteiger partial charge on any atom is -0.487 e. The van der Waals surface area contributed by atoms with Gasteiger partial charge in [0.05, 0.1) is 13.2 Å². The van der Waals surface area contributed by atoms with Crippen molar-refractivity contribution in [3.8, 4) is 11.5 Å². The van der Waals surface area contributed by atoms with Crippen molar-refractivity contribution < 1.29 is 28.9 Å². The number of aliphatic hydroxyl groups excluding tert-OH is 2. The zero-order chi connectivity index (χ0) is 23.1. The van der Waals surface area contributed by atoms with Gasteiger partial charge in [0.1, 0.15) is 24.4 Å². The SMILES string of the molecule is CCN(CC)c1ccc2cc(C(=O)c3ccc(OCCO)c(OCCO)c3)c(=O)oc2c1. The van der Waals surface area contributed by atoms with E-state index in [9.17, 15) is 9.59 Å². The number of nitrogens with zero attached hydrogens (tertiary/aromatic N) is 1. The first kappa shape index (κ1) is 23.3. The Morgan fingerprint density at radius 2 is 1.62 bits per heavy atom. The maximum atomic E-state index is 13.1. The third-order valence-corrected chi connectivity index (χ3v) is 5.00. The van der Waals surface area contributed by atoms with Gasteiger partial charge in [-0.2, -0.15) is 0 Å². The molecule has 1 aromatic heterocycles. The number of aliphatic hydroxyl groups is 2. The number of rotatable bonds is 11. The summed E-state index contributed by atoms with van der Waals surface area (Å²) in [4.78, 5) is 27.8. The van der Waals surface area contributed by atoms with Gasteiger partial charge >= 0.3 is 5.63 Å². The van der Waals surface area contributed by atoms with Crippen molar-refractivity contribution in [2.75, 3.05) is 44.4 Å². The summed E-state index contributed by atoms with van der Waals surface area (Å²) in [6, 6.07) is 11.6. The van der Waals surface area contributed by atoms with Crippen LogP contribution in [-0.2, 0) is 0 Å². The van der Waals surface area contributed by atoms with E-state index < -0.39 is 11.4 Å². The maximum absolute atomic E-state index is 13.1. The average Bonchev–Trinajstić information content (AvgIpc) is 2.81. The number of fused-ring (bicyclic) bond motifs is 1. The van der Waals surface area contributed by atoms with Crippen LogP contribution in [0.3, 0.4) is 0 Å². The van der Waals surface area contributed by atoms with Crippen LogP contribution in [0.5, 0.6) is 11.5 Å². The zero-order valence-electron chi connectivity index (χ0n) is 18.2. The molecular formula is C24H27NO7. The molecule has 0 aliphatic heterocycles. The standard InChI is InChI=1S/C24H27NO7/c1-3-25(4-2)18-7-5-16-13-19(24(29)32-21(16)15-18)23(28)17-6-8-20(30-11-9-26)22(14-17)31-12-10-27/h5-8,13-15,26-27H,3-4,9-12H2,1-2H3. The van der Waals surface area contributed by atoms with Crippen LogP contribution >= 0.6 is 0 Å². The first-order valence-corrected chi connectivity index (χ1v) is 10.5. The van der Waals surface area contributed by atoms with E-state index in [0.29, 0.717) is 16.7 Å². The fourth-order valence-corrected chi connectivity index (χ4v) is 3.39. The van der Waals surface area contributed by atoms with Gasteiger partial charge in [0, 0.05) is 35.8 Å². The Kier molecular flexibility index (Phi) is 7.86. The number of carbonyl (C=O) groups is 1. The van der Waals surface area contributed by atoms with Crippen molar-refractivity contribution in [3.63, 3.8) is 0 Å². The molecule has 0 amide bonds. The monoisotopic (exact) mass is 441 g/mol. The van der Waals surface area contributed by atoms with Crippen LogP contribution in [0.25, 0.3) is 11.0 Å². The average molecular weight is 441 g/mol. The molecule has 1 heterocycles. The van der Waals surface area contributed by atoms with Crippen molar-refractivity contribution in [2.24, 2.45) is 0 Å². The lowest BCUT2D eigenvalue weighted by atomic mass is 10.0. The molecular weight excluding hydrogens is 414 g/mol. The molecule has 2 N–H and O–H groups in total. The fourth-order valence-electron chi connectivity index (χ4n) is 3.39. The number of hydrogen-bond acceptors (Lipinski definition) is 8. The van der Waals surface area contributed by atoms with Crippen molar-refractivity contribution in [1.29, 1.82) is 0 Å². The van der Waals surface area contributed by atoms with E-state index in [1.165, 1.54) is 24.3 Å². The Hall–Kier alpha value is -3.36. The Labute approximate surface area is 185 Å². The minimum absolute atomic E-state index is 0.000112. The summed E-state index contributed by atoms with van der Waals surface area (Å²) in [5.74, 6) is 0.0296. The minimum atomic E-state index is -0.724. The van der Waals surface area contributed by atoms with Crippen LogP contribution in [0.1, 0.15) is 29.8 Å². The predicted molar refractivity (Wildman–Crippen MR) is 121 cm³/mol. The Bertz CT molecular complexity index is 1130. The van der Waals surface area contributed by atoms with Crippen LogP contribution < -0.4 is 20.0 Å². The highest BCUT2D eigenvalue weighted by Crippen LogP contribution is 2.30. The van der Waals surface area contributed by atoms with E-state index in [1.54, 1.807) is 6.07 Å². The number of anilines is 1. The van der Waals surface area contributed by atoms with E-state index in [4.69, 9.17) is 24.1 Å². The van der Waals surface area contributed by atoms with Crippen LogP contribution in [0.2, 0.25) is 0 Å². The van der Waals surface area contributed by atoms with Crippen LogP contribution in [0.4, 0.5) is 5.69 Å². The molecule has 8 heteroatoms. The molecule has 3 rings (SSSR count). The molecule has 32 heavy (non-hydrogen) atoms. The second kappa shape index (κ2) is 10.8. The van der Waals surface area contributed by atoms with Gasteiger partial charge in [-0.1, -0.05) is 0 Å². The molecule has 8 nitrogen and oxygen atoms in total. The Morgan fingerprint density at radius 1 is 0.938 bits per heavy atom. The lowest BCUT2D eigenvalue weighted by molar-refractivity contribution is 0.103. The molecule has 170 valence electrons. The van der Waals surface area contributed by atoms with Crippen molar-refractivity contribution in [2.45, 2.75) is 13.8 Å². The van der Waals surface area contributed by atoms with Gasteiger partial charge in [-0.3, -0.25) is 4.79 Å². The van der Waals surface area contributed by atoms with Gasteiger partial charge in [0.25, 0.3) is 0 Å². The summed E-state index contributed by atoms with van der Waals surface area (Å²) in [5.41, 5.74) is 0.744. The van der Waals surface area contributed by atoms with Gasteiger partial charge in [-0.15, -0.1) is 0 Å². The molecule has 0 spiro atoms. The lowest BCUT2D eigenvalue weighted by Crippen LogP contribution is -2.21. The molecule has 3 aromatic rings. The second-order valence-corrected chi connectivity index (χ2v) is 6.98. The van der Waals surface area contributed by atoms with E-state index >= 15 is 0 Å². The molecule has 0 atom stereocenters. The summed E-state index contributed by atoms with van der Waals surface area (Å²) in [7, 11) is 0. The first-order valence-electron chi connectivity index (χ1n) is 10.5. The van der Waals surface area contributed by atoms with Crippen LogP contribution in [0.15, 0.2) is 51.7 Å². The number of hydrogen-bond donors (Lipinski definition) is 2. The van der Waals surface area contributed by atoms with E-state index in [2.05, 4.69) is 4.90 Å². The molecule has 0 fully saturated rings. The molecule has 2 aromatic carbocycles. The van der Waals surface area contributed by atoms with Gasteiger partial charge < -0.3 is 29.0 Å². The largest absolute Gasteiger partial charge is 0.487 e. The van der Waals surface area contributed by atoms with Gasteiger partial charge in [0.2, 0.25) is 5.78 Å². The number of carbonyl (C=O) groups excluding carboxylic acids is 1. The van der Waals surface area contributed by atoms with E-state index in [0.717, 1.165) is 18.8 Å². The normalized spacial score (nSPS) is 10.9. The second-order valence-electron chi connectivity index (χ2n) is 6.98. The Morgan fingerprint density at radius 3 is 2.28 bits per heavy atom. The van der Waals surface area contributed by atoms with Crippen molar-refractivity contribution in [3.05, 3.63) is 64.0 Å². The third-order valence-electron chi connectivity index (χ3n) is 5.00. The van der Waals surface area contributed by atoms with Gasteiger partial charge in [-0.25, -0.2) is 4.79 Å². The van der Waals surface area contributed by atoms with Gasteiger partial charge in [-0.05, 0) is 50.2 Å². The molecule has 0 unspecified atom stereocenters. The number of ketones is 1. The maximum Gasteiger partial charge on any atom is 0.347 e. The van der Waals surface area contributed by atoms with Crippen molar-refractivity contribution in [1.82, 2.24) is 0 Å². The van der Waals surface area contributed by atoms with Crippen LogP contribution in [-0.4, -0.2) is 55.5 Å². The molecule has 0 aliphatic rings. The topological polar surface area (TPSA) is 109 Å². The zero-order valence-corrected chi connectivity index (χ0v) is 18.2. The van der Waals surface area contributed by atoms with E-state index in [1.807, 2.05) is 26.0 Å².